The Labute approximate surface area is 81.4 Å². The molecule has 6 nitrogen and oxygen atoms in total. The van der Waals surface area contributed by atoms with E-state index < -0.39 is 17.7 Å². The van der Waals surface area contributed by atoms with E-state index in [9.17, 15) is 14.7 Å². The van der Waals surface area contributed by atoms with Crippen LogP contribution in [0.25, 0.3) is 0 Å². The SMILES string of the molecule is COC(=O)C(C)(O)CN1CCOC1=O. The summed E-state index contributed by atoms with van der Waals surface area (Å²) in [5.41, 5.74) is -1.68. The zero-order valence-electron chi connectivity index (χ0n) is 8.15. The molecule has 1 amide bonds. The quantitative estimate of drug-likeness (QED) is 0.617. The minimum absolute atomic E-state index is 0.113. The number of aliphatic hydroxyl groups is 1. The van der Waals surface area contributed by atoms with Gasteiger partial charge in [0.05, 0.1) is 20.2 Å². The third-order valence-corrected chi connectivity index (χ3v) is 1.97. The van der Waals surface area contributed by atoms with Gasteiger partial charge >= 0.3 is 12.1 Å². The summed E-state index contributed by atoms with van der Waals surface area (Å²) >= 11 is 0. The van der Waals surface area contributed by atoms with Gasteiger partial charge in [-0.05, 0) is 6.92 Å². The highest BCUT2D eigenvalue weighted by Gasteiger charge is 2.37. The molecule has 0 aromatic rings. The van der Waals surface area contributed by atoms with Crippen LogP contribution in [0.2, 0.25) is 0 Å². The normalized spacial score (nSPS) is 20.2. The Morgan fingerprint density at radius 1 is 1.79 bits per heavy atom. The van der Waals surface area contributed by atoms with Crippen molar-refractivity contribution >= 4 is 12.1 Å². The maximum atomic E-state index is 11.1. The Bertz CT molecular complexity index is 250. The van der Waals surface area contributed by atoms with Crippen LogP contribution < -0.4 is 0 Å². The fraction of sp³-hybridized carbons (Fsp3) is 0.750. The zero-order valence-corrected chi connectivity index (χ0v) is 8.15. The van der Waals surface area contributed by atoms with Crippen molar-refractivity contribution in [2.24, 2.45) is 0 Å². The molecule has 0 radical (unpaired) electrons. The van der Waals surface area contributed by atoms with E-state index in [1.165, 1.54) is 18.9 Å². The number of esters is 1. The van der Waals surface area contributed by atoms with E-state index in [1.807, 2.05) is 0 Å². The molecule has 0 saturated carbocycles. The van der Waals surface area contributed by atoms with Gasteiger partial charge in [0, 0.05) is 0 Å². The molecule has 1 saturated heterocycles. The van der Waals surface area contributed by atoms with E-state index in [0.717, 1.165) is 0 Å². The molecule has 1 rings (SSSR count). The van der Waals surface area contributed by atoms with Crippen LogP contribution in [0.4, 0.5) is 4.79 Å². The second-order valence-corrected chi connectivity index (χ2v) is 3.30. The lowest BCUT2D eigenvalue weighted by Gasteiger charge is -2.24. The molecule has 1 N–H and O–H groups in total. The first-order valence-electron chi connectivity index (χ1n) is 4.20. The van der Waals surface area contributed by atoms with Crippen molar-refractivity contribution in [1.29, 1.82) is 0 Å². The summed E-state index contributed by atoms with van der Waals surface area (Å²) in [6, 6.07) is 0. The number of carbonyl (C=O) groups excluding carboxylic acids is 2. The Morgan fingerprint density at radius 3 is 2.86 bits per heavy atom. The topological polar surface area (TPSA) is 76.1 Å². The molecule has 6 heteroatoms. The van der Waals surface area contributed by atoms with Gasteiger partial charge in [0.2, 0.25) is 0 Å². The molecule has 1 aliphatic heterocycles. The van der Waals surface area contributed by atoms with Crippen LogP contribution in [0, 0.1) is 0 Å². The summed E-state index contributed by atoms with van der Waals surface area (Å²) in [6.07, 6.45) is -0.519. The third kappa shape index (κ3) is 2.14. The first-order chi connectivity index (χ1) is 6.47. The molecule has 14 heavy (non-hydrogen) atoms. The number of cyclic esters (lactones) is 1. The lowest BCUT2D eigenvalue weighted by molar-refractivity contribution is -0.161. The number of ether oxygens (including phenoxy) is 2. The third-order valence-electron chi connectivity index (χ3n) is 1.97. The zero-order chi connectivity index (χ0) is 10.8. The van der Waals surface area contributed by atoms with Crippen LogP contribution in [0.1, 0.15) is 6.92 Å². The highest BCUT2D eigenvalue weighted by molar-refractivity contribution is 5.80. The Hall–Kier alpha value is -1.30. The van der Waals surface area contributed by atoms with E-state index in [-0.39, 0.29) is 13.2 Å². The van der Waals surface area contributed by atoms with E-state index in [2.05, 4.69) is 9.47 Å². The summed E-state index contributed by atoms with van der Waals surface area (Å²) in [5.74, 6) is -0.766. The monoisotopic (exact) mass is 203 g/mol. The molecule has 1 atom stereocenters. The van der Waals surface area contributed by atoms with Gasteiger partial charge in [-0.15, -0.1) is 0 Å². The first-order valence-corrected chi connectivity index (χ1v) is 4.20. The number of amides is 1. The number of rotatable bonds is 3. The maximum absolute atomic E-state index is 11.1. The molecule has 1 fully saturated rings. The molecule has 0 aliphatic carbocycles. The fourth-order valence-electron chi connectivity index (χ4n) is 1.23. The fourth-order valence-corrected chi connectivity index (χ4v) is 1.23. The summed E-state index contributed by atoms with van der Waals surface area (Å²) in [4.78, 5) is 23.3. The van der Waals surface area contributed by atoms with Crippen LogP contribution in [0.15, 0.2) is 0 Å². The van der Waals surface area contributed by atoms with Gasteiger partial charge < -0.3 is 19.5 Å². The van der Waals surface area contributed by atoms with Crippen molar-refractivity contribution < 1.29 is 24.2 Å². The molecular formula is C8H13NO5. The molecule has 1 heterocycles. The molecule has 1 aliphatic rings. The average Bonchev–Trinajstić information content (AvgIpc) is 2.50. The summed E-state index contributed by atoms with van der Waals surface area (Å²) < 4.78 is 9.04. The van der Waals surface area contributed by atoms with Gasteiger partial charge in [-0.25, -0.2) is 9.59 Å². The summed E-state index contributed by atoms with van der Waals surface area (Å²) in [6.45, 7) is 1.85. The Balaban J connectivity index is 2.58. The summed E-state index contributed by atoms with van der Waals surface area (Å²) in [5, 5.41) is 9.64. The van der Waals surface area contributed by atoms with E-state index >= 15 is 0 Å². The van der Waals surface area contributed by atoms with E-state index in [0.29, 0.717) is 6.54 Å². The van der Waals surface area contributed by atoms with Crippen LogP contribution in [0.3, 0.4) is 0 Å². The molecule has 0 aromatic heterocycles. The van der Waals surface area contributed by atoms with Gasteiger partial charge in [0.1, 0.15) is 6.61 Å². The second-order valence-electron chi connectivity index (χ2n) is 3.30. The first kappa shape index (κ1) is 10.8. The predicted octanol–water partition coefficient (Wildman–Crippen LogP) is -0.637. The van der Waals surface area contributed by atoms with Crippen molar-refractivity contribution in [1.82, 2.24) is 4.90 Å². The van der Waals surface area contributed by atoms with Gasteiger partial charge in [-0.3, -0.25) is 0 Å². The number of carbonyl (C=O) groups is 2. The summed E-state index contributed by atoms with van der Waals surface area (Å²) in [7, 11) is 1.18. The molecule has 0 spiro atoms. The van der Waals surface area contributed by atoms with Gasteiger partial charge in [-0.2, -0.15) is 0 Å². The van der Waals surface area contributed by atoms with Crippen molar-refractivity contribution in [2.45, 2.75) is 12.5 Å². The highest BCUT2D eigenvalue weighted by Crippen LogP contribution is 2.12. The largest absolute Gasteiger partial charge is 0.467 e. The standard InChI is InChI=1S/C8H13NO5/c1-8(12,6(10)13-2)5-9-3-4-14-7(9)11/h12H,3-5H2,1-2H3. The van der Waals surface area contributed by atoms with Crippen LogP contribution in [0.5, 0.6) is 0 Å². The lowest BCUT2D eigenvalue weighted by Crippen LogP contribution is -2.47. The second kappa shape index (κ2) is 3.83. The van der Waals surface area contributed by atoms with Gasteiger partial charge in [0.25, 0.3) is 0 Å². The number of nitrogens with zero attached hydrogens (tertiary/aromatic N) is 1. The smallest absolute Gasteiger partial charge is 0.410 e. The molecule has 0 aromatic carbocycles. The molecule has 80 valence electrons. The number of hydrogen-bond donors (Lipinski definition) is 1. The number of β-amino-alcohol motifs (C(OH)–C–C–N with tert-alkyl or cyclic N) is 1. The van der Waals surface area contributed by atoms with Gasteiger partial charge in [0.15, 0.2) is 5.60 Å². The molecular weight excluding hydrogens is 190 g/mol. The minimum Gasteiger partial charge on any atom is -0.467 e. The van der Waals surface area contributed by atoms with Gasteiger partial charge in [-0.1, -0.05) is 0 Å². The number of hydrogen-bond acceptors (Lipinski definition) is 5. The van der Waals surface area contributed by atoms with Crippen molar-refractivity contribution in [3.63, 3.8) is 0 Å². The number of methoxy groups -OCH3 is 1. The Kier molecular flexibility index (Phi) is 2.95. The van der Waals surface area contributed by atoms with E-state index in [4.69, 9.17) is 0 Å². The lowest BCUT2D eigenvalue weighted by atomic mass is 10.1. The van der Waals surface area contributed by atoms with Crippen LogP contribution in [-0.2, 0) is 14.3 Å². The minimum atomic E-state index is -1.68. The molecule has 0 bridgehead atoms. The highest BCUT2D eigenvalue weighted by atomic mass is 16.6. The van der Waals surface area contributed by atoms with Crippen molar-refractivity contribution in [3.05, 3.63) is 0 Å². The van der Waals surface area contributed by atoms with Crippen molar-refractivity contribution in [3.8, 4) is 0 Å². The average molecular weight is 203 g/mol. The Morgan fingerprint density at radius 2 is 2.43 bits per heavy atom. The van der Waals surface area contributed by atoms with Crippen LogP contribution in [-0.4, -0.2) is 54.5 Å². The molecule has 1 unspecified atom stereocenters. The maximum Gasteiger partial charge on any atom is 0.410 e. The van der Waals surface area contributed by atoms with Crippen molar-refractivity contribution in [2.75, 3.05) is 26.8 Å². The van der Waals surface area contributed by atoms with Crippen LogP contribution >= 0.6 is 0 Å². The predicted molar refractivity (Wildman–Crippen MR) is 45.6 cm³/mol. The van der Waals surface area contributed by atoms with E-state index in [1.54, 1.807) is 0 Å².